The van der Waals surface area contributed by atoms with Gasteiger partial charge in [0.2, 0.25) is 0 Å². The van der Waals surface area contributed by atoms with Gasteiger partial charge >= 0.3 is 0 Å². The van der Waals surface area contributed by atoms with E-state index in [4.69, 9.17) is 5.26 Å². The van der Waals surface area contributed by atoms with E-state index in [0.717, 1.165) is 18.3 Å². The molecule has 90 valence electrons. The molecule has 0 saturated heterocycles. The molecule has 0 bridgehead atoms. The second-order valence-corrected chi connectivity index (χ2v) is 3.47. The van der Waals surface area contributed by atoms with Crippen LogP contribution < -0.4 is 0 Å². The van der Waals surface area contributed by atoms with Gasteiger partial charge < -0.3 is 0 Å². The van der Waals surface area contributed by atoms with Crippen molar-refractivity contribution in [1.82, 2.24) is 9.97 Å². The first-order valence-corrected chi connectivity index (χ1v) is 4.91. The first-order valence-electron chi connectivity index (χ1n) is 4.91. The van der Waals surface area contributed by atoms with E-state index in [-0.39, 0.29) is 11.3 Å². The Labute approximate surface area is 101 Å². The Kier molecular flexibility index (Phi) is 3.24. The Balaban J connectivity index is 2.57. The van der Waals surface area contributed by atoms with Crippen molar-refractivity contribution in [2.75, 3.05) is 0 Å². The summed E-state index contributed by atoms with van der Waals surface area (Å²) in [7, 11) is 0. The van der Waals surface area contributed by atoms with E-state index in [2.05, 4.69) is 9.97 Å². The molecule has 2 aromatic rings. The molecule has 0 aliphatic carbocycles. The predicted octanol–water partition coefficient (Wildman–Crippen LogP) is 3.09. The zero-order valence-electron chi connectivity index (χ0n) is 8.94. The molecule has 0 aliphatic rings. The molecule has 6 heteroatoms. The van der Waals surface area contributed by atoms with E-state index in [9.17, 15) is 13.2 Å². The lowest BCUT2D eigenvalue weighted by Crippen LogP contribution is -1.95. The largest absolute Gasteiger partial charge is 0.280 e. The van der Waals surface area contributed by atoms with Gasteiger partial charge in [0.05, 0.1) is 6.20 Å². The number of aromatic nitrogens is 2. The Bertz CT molecular complexity index is 620. The maximum absolute atomic E-state index is 13.0. The molecule has 0 radical (unpaired) electrons. The SMILES string of the molecule is N#Cc1cc(-c2cncc(F)c2)cc(C(F)F)n1. The molecule has 2 aromatic heterocycles. The summed E-state index contributed by atoms with van der Waals surface area (Å²) >= 11 is 0. The zero-order valence-corrected chi connectivity index (χ0v) is 8.94. The van der Waals surface area contributed by atoms with Crippen molar-refractivity contribution >= 4 is 0 Å². The lowest BCUT2D eigenvalue weighted by atomic mass is 10.1. The van der Waals surface area contributed by atoms with E-state index in [1.165, 1.54) is 12.3 Å². The van der Waals surface area contributed by atoms with Gasteiger partial charge in [0.25, 0.3) is 6.43 Å². The molecule has 18 heavy (non-hydrogen) atoms. The van der Waals surface area contributed by atoms with Crippen LogP contribution in [-0.4, -0.2) is 9.97 Å². The second-order valence-electron chi connectivity index (χ2n) is 3.47. The van der Waals surface area contributed by atoms with Gasteiger partial charge in [-0.15, -0.1) is 0 Å². The highest BCUT2D eigenvalue weighted by Crippen LogP contribution is 2.25. The van der Waals surface area contributed by atoms with Crippen molar-refractivity contribution < 1.29 is 13.2 Å². The Morgan fingerprint density at radius 1 is 1.11 bits per heavy atom. The number of rotatable bonds is 2. The van der Waals surface area contributed by atoms with Gasteiger partial charge in [-0.3, -0.25) is 4.98 Å². The Hall–Kier alpha value is -2.42. The van der Waals surface area contributed by atoms with Crippen molar-refractivity contribution in [2.24, 2.45) is 0 Å². The summed E-state index contributed by atoms with van der Waals surface area (Å²) in [5, 5.41) is 8.72. The van der Waals surface area contributed by atoms with E-state index in [1.54, 1.807) is 6.07 Å². The van der Waals surface area contributed by atoms with Crippen LogP contribution in [0, 0.1) is 17.1 Å². The highest BCUT2D eigenvalue weighted by atomic mass is 19.3. The molecule has 0 N–H and O–H groups in total. The van der Waals surface area contributed by atoms with Crippen molar-refractivity contribution in [3.05, 3.63) is 47.8 Å². The maximum atomic E-state index is 13.0. The minimum absolute atomic E-state index is 0.146. The average Bonchev–Trinajstić information content (AvgIpc) is 2.38. The molecular formula is C12H6F3N3. The van der Waals surface area contributed by atoms with Crippen LogP contribution in [0.15, 0.2) is 30.6 Å². The van der Waals surface area contributed by atoms with Crippen LogP contribution in [0.3, 0.4) is 0 Å². The van der Waals surface area contributed by atoms with Crippen molar-refractivity contribution in [3.63, 3.8) is 0 Å². The molecule has 3 nitrogen and oxygen atoms in total. The fourth-order valence-electron chi connectivity index (χ4n) is 1.46. The van der Waals surface area contributed by atoms with Crippen LogP contribution in [-0.2, 0) is 0 Å². The molecule has 0 atom stereocenters. The molecule has 0 saturated carbocycles. The third-order valence-corrected chi connectivity index (χ3v) is 2.22. The summed E-state index contributed by atoms with van der Waals surface area (Å²) in [5.41, 5.74) is -0.0694. The average molecular weight is 249 g/mol. The number of halogens is 3. The van der Waals surface area contributed by atoms with Gasteiger partial charge in [-0.05, 0) is 23.8 Å². The first kappa shape index (κ1) is 12.0. The minimum Gasteiger partial charge on any atom is -0.261 e. The molecule has 0 spiro atoms. The first-order chi connectivity index (χ1) is 8.60. The van der Waals surface area contributed by atoms with Crippen LogP contribution in [0.5, 0.6) is 0 Å². The highest BCUT2D eigenvalue weighted by molar-refractivity contribution is 5.64. The Morgan fingerprint density at radius 2 is 1.89 bits per heavy atom. The van der Waals surface area contributed by atoms with E-state index < -0.39 is 17.9 Å². The number of nitrogens with zero attached hydrogens (tertiary/aromatic N) is 3. The fourth-order valence-corrected chi connectivity index (χ4v) is 1.46. The molecule has 0 unspecified atom stereocenters. The summed E-state index contributed by atoms with van der Waals surface area (Å²) in [6.45, 7) is 0. The standard InChI is InChI=1S/C12H6F3N3/c13-9-1-8(5-17-6-9)7-2-10(4-16)18-11(3-7)12(14)15/h1-3,5-6,12H. The molecule has 0 amide bonds. The van der Waals surface area contributed by atoms with Crippen LogP contribution in [0.2, 0.25) is 0 Å². The fraction of sp³-hybridized carbons (Fsp3) is 0.0833. The van der Waals surface area contributed by atoms with E-state index >= 15 is 0 Å². The third-order valence-electron chi connectivity index (χ3n) is 2.22. The molecule has 2 rings (SSSR count). The second kappa shape index (κ2) is 4.84. The van der Waals surface area contributed by atoms with Crippen LogP contribution in [0.25, 0.3) is 11.1 Å². The lowest BCUT2D eigenvalue weighted by Gasteiger charge is -2.05. The van der Waals surface area contributed by atoms with Gasteiger partial charge in [0.1, 0.15) is 23.3 Å². The minimum atomic E-state index is -2.79. The smallest absolute Gasteiger partial charge is 0.261 e. The normalized spacial score (nSPS) is 10.4. The van der Waals surface area contributed by atoms with Gasteiger partial charge in [-0.1, -0.05) is 0 Å². The third kappa shape index (κ3) is 2.46. The quantitative estimate of drug-likeness (QED) is 0.821. The van der Waals surface area contributed by atoms with E-state index in [1.807, 2.05) is 0 Å². The summed E-state index contributed by atoms with van der Waals surface area (Å²) in [6, 6.07) is 5.26. The molecular weight excluding hydrogens is 243 g/mol. The maximum Gasteiger partial charge on any atom is 0.280 e. The van der Waals surface area contributed by atoms with Crippen LogP contribution in [0.4, 0.5) is 13.2 Å². The van der Waals surface area contributed by atoms with Crippen LogP contribution >= 0.6 is 0 Å². The molecule has 2 heterocycles. The molecule has 0 aliphatic heterocycles. The van der Waals surface area contributed by atoms with Crippen LogP contribution in [0.1, 0.15) is 17.8 Å². The van der Waals surface area contributed by atoms with E-state index in [0.29, 0.717) is 5.56 Å². The zero-order chi connectivity index (χ0) is 13.1. The van der Waals surface area contributed by atoms with Gasteiger partial charge in [0.15, 0.2) is 0 Å². The summed E-state index contributed by atoms with van der Waals surface area (Å²) < 4.78 is 38.2. The highest BCUT2D eigenvalue weighted by Gasteiger charge is 2.13. The van der Waals surface area contributed by atoms with Gasteiger partial charge in [0, 0.05) is 11.8 Å². The molecule has 0 aromatic carbocycles. The number of hydrogen-bond acceptors (Lipinski definition) is 3. The monoisotopic (exact) mass is 249 g/mol. The van der Waals surface area contributed by atoms with Gasteiger partial charge in [-0.25, -0.2) is 18.2 Å². The number of alkyl halides is 2. The van der Waals surface area contributed by atoms with Gasteiger partial charge in [-0.2, -0.15) is 5.26 Å². The van der Waals surface area contributed by atoms with Crippen molar-refractivity contribution in [1.29, 1.82) is 5.26 Å². The lowest BCUT2D eigenvalue weighted by molar-refractivity contribution is 0.146. The number of pyridine rings is 2. The topological polar surface area (TPSA) is 49.6 Å². The number of nitriles is 1. The Morgan fingerprint density at radius 3 is 2.50 bits per heavy atom. The summed E-state index contributed by atoms with van der Waals surface area (Å²) in [5.74, 6) is -0.582. The van der Waals surface area contributed by atoms with Crippen molar-refractivity contribution in [3.8, 4) is 17.2 Å². The van der Waals surface area contributed by atoms with Crippen molar-refractivity contribution in [2.45, 2.75) is 6.43 Å². The number of hydrogen-bond donors (Lipinski definition) is 0. The summed E-state index contributed by atoms with van der Waals surface area (Å²) in [6.07, 6.45) is -0.461. The molecule has 0 fully saturated rings. The predicted molar refractivity (Wildman–Crippen MR) is 57.1 cm³/mol. The summed E-state index contributed by atoms with van der Waals surface area (Å²) in [4.78, 5) is 7.10.